The molecular formula is C7H13NOS. The van der Waals surface area contributed by atoms with Crippen molar-refractivity contribution in [3.05, 3.63) is 0 Å². The van der Waals surface area contributed by atoms with Crippen molar-refractivity contribution in [2.45, 2.75) is 18.9 Å². The average molecular weight is 159 g/mol. The fourth-order valence-corrected chi connectivity index (χ4v) is 1.10. The van der Waals surface area contributed by atoms with Crippen molar-refractivity contribution in [3.8, 4) is 6.07 Å². The molecule has 0 aliphatic rings. The van der Waals surface area contributed by atoms with Crippen LogP contribution in [0.25, 0.3) is 0 Å². The smallest absolute Gasteiger partial charge is 0.143 e. The zero-order valence-electron chi connectivity index (χ0n) is 6.46. The van der Waals surface area contributed by atoms with Gasteiger partial charge in [-0.25, -0.2) is 0 Å². The van der Waals surface area contributed by atoms with Crippen LogP contribution >= 0.6 is 11.8 Å². The fourth-order valence-electron chi connectivity index (χ4n) is 0.648. The van der Waals surface area contributed by atoms with Crippen LogP contribution in [0.3, 0.4) is 0 Å². The zero-order valence-corrected chi connectivity index (χ0v) is 7.28. The quantitative estimate of drug-likeness (QED) is 0.572. The van der Waals surface area contributed by atoms with E-state index in [1.54, 1.807) is 18.9 Å². The average Bonchev–Trinajstić information content (AvgIpc) is 1.99. The number of hydrogen-bond donors (Lipinski definition) is 0. The highest BCUT2D eigenvalue weighted by molar-refractivity contribution is 7.98. The first-order valence-electron chi connectivity index (χ1n) is 3.26. The second-order valence-corrected chi connectivity index (χ2v) is 2.97. The van der Waals surface area contributed by atoms with Crippen molar-refractivity contribution >= 4 is 11.8 Å². The molecule has 0 aliphatic heterocycles. The second kappa shape index (κ2) is 6.91. The Bertz CT molecular complexity index is 111. The van der Waals surface area contributed by atoms with E-state index >= 15 is 0 Å². The molecule has 0 saturated carbocycles. The van der Waals surface area contributed by atoms with Gasteiger partial charge < -0.3 is 4.74 Å². The van der Waals surface area contributed by atoms with Gasteiger partial charge in [0.1, 0.15) is 6.10 Å². The number of nitrogens with zero attached hydrogens (tertiary/aromatic N) is 1. The minimum Gasteiger partial charge on any atom is -0.367 e. The van der Waals surface area contributed by atoms with E-state index < -0.39 is 0 Å². The largest absolute Gasteiger partial charge is 0.367 e. The first kappa shape index (κ1) is 9.80. The second-order valence-electron chi connectivity index (χ2n) is 1.99. The number of thioether (sulfide) groups is 1. The minimum absolute atomic E-state index is 0.202. The van der Waals surface area contributed by atoms with E-state index in [2.05, 4.69) is 12.3 Å². The molecule has 1 unspecified atom stereocenters. The molecule has 3 heteroatoms. The van der Waals surface area contributed by atoms with Crippen LogP contribution in [-0.4, -0.2) is 25.2 Å². The fraction of sp³-hybridized carbons (Fsp3) is 0.857. The van der Waals surface area contributed by atoms with Gasteiger partial charge in [-0.05, 0) is 24.9 Å². The Balaban J connectivity index is 3.20. The van der Waals surface area contributed by atoms with Crippen molar-refractivity contribution < 1.29 is 4.74 Å². The lowest BCUT2D eigenvalue weighted by Gasteiger charge is -2.04. The summed E-state index contributed by atoms with van der Waals surface area (Å²) in [6, 6.07) is 2.08. The maximum Gasteiger partial charge on any atom is 0.143 e. The molecule has 0 aromatic carbocycles. The lowest BCUT2D eigenvalue weighted by Crippen LogP contribution is -2.06. The molecule has 0 amide bonds. The van der Waals surface area contributed by atoms with Crippen molar-refractivity contribution in [3.63, 3.8) is 0 Å². The van der Waals surface area contributed by atoms with Gasteiger partial charge in [-0.3, -0.25) is 0 Å². The highest BCUT2D eigenvalue weighted by Gasteiger charge is 2.02. The summed E-state index contributed by atoms with van der Waals surface area (Å²) in [5.74, 6) is 1.11. The third-order valence-corrected chi connectivity index (χ3v) is 1.94. The molecule has 0 rings (SSSR count). The van der Waals surface area contributed by atoms with Crippen LogP contribution in [0.15, 0.2) is 0 Å². The molecule has 0 spiro atoms. The summed E-state index contributed by atoms with van der Waals surface area (Å²) in [6.45, 7) is 0. The lowest BCUT2D eigenvalue weighted by atomic mass is 10.2. The molecule has 0 aromatic rings. The molecule has 2 nitrogen and oxygen atoms in total. The van der Waals surface area contributed by atoms with Gasteiger partial charge in [-0.2, -0.15) is 17.0 Å². The van der Waals surface area contributed by atoms with Gasteiger partial charge >= 0.3 is 0 Å². The highest BCUT2D eigenvalue weighted by Crippen LogP contribution is 2.04. The summed E-state index contributed by atoms with van der Waals surface area (Å²) >= 11 is 1.80. The molecule has 0 heterocycles. The van der Waals surface area contributed by atoms with Crippen LogP contribution in [0.4, 0.5) is 0 Å². The van der Waals surface area contributed by atoms with Crippen LogP contribution in [0.5, 0.6) is 0 Å². The van der Waals surface area contributed by atoms with Crippen LogP contribution in [0.1, 0.15) is 12.8 Å². The van der Waals surface area contributed by atoms with Gasteiger partial charge in [-0.1, -0.05) is 0 Å². The van der Waals surface area contributed by atoms with Gasteiger partial charge in [0.2, 0.25) is 0 Å². The van der Waals surface area contributed by atoms with E-state index in [0.717, 1.165) is 18.6 Å². The predicted octanol–water partition coefficient (Wildman–Crippen LogP) is 1.67. The number of rotatable bonds is 5. The molecule has 0 radical (unpaired) electrons. The summed E-state index contributed by atoms with van der Waals surface area (Å²) in [7, 11) is 1.58. The number of ether oxygens (including phenoxy) is 1. The van der Waals surface area contributed by atoms with E-state index in [-0.39, 0.29) is 6.10 Å². The highest BCUT2D eigenvalue weighted by atomic mass is 32.2. The van der Waals surface area contributed by atoms with Gasteiger partial charge in [0, 0.05) is 7.11 Å². The summed E-state index contributed by atoms with van der Waals surface area (Å²) in [5.41, 5.74) is 0. The Hall–Kier alpha value is -0.200. The third-order valence-electron chi connectivity index (χ3n) is 1.24. The van der Waals surface area contributed by atoms with Gasteiger partial charge in [0.15, 0.2) is 0 Å². The molecule has 0 N–H and O–H groups in total. The molecule has 58 valence electrons. The summed E-state index contributed by atoms with van der Waals surface area (Å²) in [4.78, 5) is 0. The van der Waals surface area contributed by atoms with E-state index in [9.17, 15) is 0 Å². The van der Waals surface area contributed by atoms with Crippen LogP contribution < -0.4 is 0 Å². The van der Waals surface area contributed by atoms with E-state index in [1.807, 2.05) is 0 Å². The molecule has 0 bridgehead atoms. The Morgan fingerprint density at radius 1 is 1.70 bits per heavy atom. The first-order chi connectivity index (χ1) is 4.85. The molecular weight excluding hydrogens is 146 g/mol. The normalized spacial score (nSPS) is 12.5. The van der Waals surface area contributed by atoms with E-state index in [4.69, 9.17) is 10.00 Å². The Morgan fingerprint density at radius 3 is 2.80 bits per heavy atom. The SMILES string of the molecule is COC(C#N)CCCSC. The zero-order chi connectivity index (χ0) is 7.82. The third kappa shape index (κ3) is 4.66. The van der Waals surface area contributed by atoms with Crippen molar-refractivity contribution in [2.24, 2.45) is 0 Å². The van der Waals surface area contributed by atoms with Crippen molar-refractivity contribution in [1.29, 1.82) is 5.26 Å². The predicted molar refractivity (Wildman–Crippen MR) is 44.0 cm³/mol. The number of hydrogen-bond acceptors (Lipinski definition) is 3. The first-order valence-corrected chi connectivity index (χ1v) is 4.66. The summed E-state index contributed by atoms with van der Waals surface area (Å²) < 4.78 is 4.88. The molecule has 0 saturated heterocycles. The number of nitriles is 1. The summed E-state index contributed by atoms with van der Waals surface area (Å²) in [6.07, 6.45) is 3.78. The maximum atomic E-state index is 8.44. The van der Waals surface area contributed by atoms with E-state index in [0.29, 0.717) is 0 Å². The maximum absolute atomic E-state index is 8.44. The van der Waals surface area contributed by atoms with Gasteiger partial charge in [-0.15, -0.1) is 0 Å². The number of methoxy groups -OCH3 is 1. The lowest BCUT2D eigenvalue weighted by molar-refractivity contribution is 0.139. The Kier molecular flexibility index (Phi) is 6.78. The van der Waals surface area contributed by atoms with Crippen LogP contribution in [0, 0.1) is 11.3 Å². The Morgan fingerprint density at radius 2 is 2.40 bits per heavy atom. The van der Waals surface area contributed by atoms with E-state index in [1.165, 1.54) is 0 Å². The topological polar surface area (TPSA) is 33.0 Å². The monoisotopic (exact) mass is 159 g/mol. The Labute approximate surface area is 66.6 Å². The molecule has 0 aliphatic carbocycles. The van der Waals surface area contributed by atoms with Crippen LogP contribution in [0.2, 0.25) is 0 Å². The molecule has 10 heavy (non-hydrogen) atoms. The minimum atomic E-state index is -0.202. The van der Waals surface area contributed by atoms with Crippen molar-refractivity contribution in [2.75, 3.05) is 19.1 Å². The molecule has 0 fully saturated rings. The van der Waals surface area contributed by atoms with Gasteiger partial charge in [0.25, 0.3) is 0 Å². The molecule has 1 atom stereocenters. The van der Waals surface area contributed by atoms with Crippen LogP contribution in [-0.2, 0) is 4.74 Å². The standard InChI is InChI=1S/C7H13NOS/c1-9-7(6-8)4-3-5-10-2/h7H,3-5H2,1-2H3. The van der Waals surface area contributed by atoms with Gasteiger partial charge in [0.05, 0.1) is 6.07 Å². The molecule has 0 aromatic heterocycles. The van der Waals surface area contributed by atoms with Crippen molar-refractivity contribution in [1.82, 2.24) is 0 Å². The summed E-state index contributed by atoms with van der Waals surface area (Å²) in [5, 5.41) is 8.44.